The molecule has 2 unspecified atom stereocenters. The zero-order valence-electron chi connectivity index (χ0n) is 19.9. The van der Waals surface area contributed by atoms with Crippen LogP contribution in [0.4, 0.5) is 0 Å². The van der Waals surface area contributed by atoms with Gasteiger partial charge in [-0.2, -0.15) is 0 Å². The second-order valence-corrected chi connectivity index (χ2v) is 16.5. The number of hydrogen-bond acceptors (Lipinski definition) is 2. The average Bonchev–Trinajstić information content (AvgIpc) is 2.62. The van der Waals surface area contributed by atoms with Gasteiger partial charge in [-0.15, -0.1) is 39.5 Å². The van der Waals surface area contributed by atoms with Crippen LogP contribution in [0.1, 0.15) is 33.6 Å². The van der Waals surface area contributed by atoms with Crippen molar-refractivity contribution in [1.82, 2.24) is 0 Å². The second kappa shape index (κ2) is 15.6. The van der Waals surface area contributed by atoms with E-state index < -0.39 is 16.6 Å². The third-order valence-electron chi connectivity index (χ3n) is 5.30. The fourth-order valence-electron chi connectivity index (χ4n) is 4.28. The van der Waals surface area contributed by atoms with Gasteiger partial charge in [0.2, 0.25) is 16.6 Å². The average molecular weight is 447 g/mol. The summed E-state index contributed by atoms with van der Waals surface area (Å²) in [6.07, 6.45) is 14.2. The Bertz CT molecular complexity index is 500. The molecule has 0 aromatic rings. The van der Waals surface area contributed by atoms with Gasteiger partial charge in [0.05, 0.1) is 0 Å². The van der Waals surface area contributed by atoms with E-state index in [9.17, 15) is 0 Å². The Labute approximate surface area is 189 Å². The van der Waals surface area contributed by atoms with Crippen LogP contribution < -0.4 is 0 Å². The van der Waals surface area contributed by atoms with Crippen LogP contribution in [0, 0.1) is 5.92 Å². The predicted octanol–water partition coefficient (Wildman–Crippen LogP) is 8.22. The molecular weight excluding hydrogens is 400 g/mol. The molecule has 0 radical (unpaired) electrons. The molecular formula is C26H46O2Si2. The van der Waals surface area contributed by atoms with Crippen LogP contribution in [-0.4, -0.2) is 28.8 Å². The molecule has 2 nitrogen and oxygen atoms in total. The fourth-order valence-corrected chi connectivity index (χ4v) is 10.9. The van der Waals surface area contributed by atoms with Crippen molar-refractivity contribution in [2.45, 2.75) is 82.1 Å². The molecule has 0 N–H and O–H groups in total. The van der Waals surface area contributed by atoms with Crippen molar-refractivity contribution in [3.63, 3.8) is 0 Å². The van der Waals surface area contributed by atoms with Crippen LogP contribution in [0.2, 0.25) is 36.3 Å². The van der Waals surface area contributed by atoms with Crippen LogP contribution >= 0.6 is 0 Å². The van der Waals surface area contributed by atoms with Gasteiger partial charge in [0, 0.05) is 12.2 Å². The van der Waals surface area contributed by atoms with Crippen LogP contribution in [-0.2, 0) is 8.85 Å². The van der Waals surface area contributed by atoms with Crippen molar-refractivity contribution >= 4 is 16.6 Å². The summed E-state index contributed by atoms with van der Waals surface area (Å²) in [4.78, 5) is 0. The molecule has 0 fully saturated rings. The first-order valence-corrected chi connectivity index (χ1v) is 16.3. The largest absolute Gasteiger partial charge is 0.413 e. The molecule has 0 aliphatic rings. The van der Waals surface area contributed by atoms with Gasteiger partial charge in [0.1, 0.15) is 0 Å². The SMILES string of the molecule is C=CC[Si](CC=C)(CC=C)OC(C)CC(CC(C)C)O[Si](CC=C)(CC=C)CC=C. The summed E-state index contributed by atoms with van der Waals surface area (Å²) in [5.41, 5.74) is 0. The summed E-state index contributed by atoms with van der Waals surface area (Å²) in [5, 5.41) is 0. The van der Waals surface area contributed by atoms with Gasteiger partial charge in [-0.3, -0.25) is 0 Å². The highest BCUT2D eigenvalue weighted by atomic mass is 28.4. The van der Waals surface area contributed by atoms with Crippen molar-refractivity contribution in [2.24, 2.45) is 5.92 Å². The van der Waals surface area contributed by atoms with Crippen LogP contribution in [0.3, 0.4) is 0 Å². The summed E-state index contributed by atoms with van der Waals surface area (Å²) >= 11 is 0. The highest BCUT2D eigenvalue weighted by Gasteiger charge is 2.37. The zero-order valence-corrected chi connectivity index (χ0v) is 21.9. The first-order valence-electron chi connectivity index (χ1n) is 11.3. The predicted molar refractivity (Wildman–Crippen MR) is 141 cm³/mol. The molecule has 4 heteroatoms. The Hall–Kier alpha value is -1.21. The molecule has 0 heterocycles. The smallest absolute Gasteiger partial charge is 0.204 e. The molecule has 0 amide bonds. The highest BCUT2D eigenvalue weighted by molar-refractivity contribution is 6.75. The quantitative estimate of drug-likeness (QED) is 0.138. The van der Waals surface area contributed by atoms with Gasteiger partial charge in [-0.05, 0) is 61.9 Å². The number of hydrogen-bond donors (Lipinski definition) is 0. The summed E-state index contributed by atoms with van der Waals surface area (Å²) in [5.74, 6) is 0.557. The van der Waals surface area contributed by atoms with Crippen LogP contribution in [0.15, 0.2) is 75.9 Å². The molecule has 0 aliphatic carbocycles. The van der Waals surface area contributed by atoms with E-state index >= 15 is 0 Å². The Balaban J connectivity index is 5.59. The van der Waals surface area contributed by atoms with Gasteiger partial charge in [0.15, 0.2) is 0 Å². The molecule has 170 valence electrons. The first-order chi connectivity index (χ1) is 14.3. The lowest BCUT2D eigenvalue weighted by Gasteiger charge is -2.37. The van der Waals surface area contributed by atoms with Crippen molar-refractivity contribution in [2.75, 3.05) is 0 Å². The molecule has 0 rings (SSSR count). The van der Waals surface area contributed by atoms with Gasteiger partial charge < -0.3 is 8.85 Å². The minimum Gasteiger partial charge on any atom is -0.413 e. The summed E-state index contributed by atoms with van der Waals surface area (Å²) in [7, 11) is -4.06. The lowest BCUT2D eigenvalue weighted by atomic mass is 10.0. The lowest BCUT2D eigenvalue weighted by Crippen LogP contribution is -2.44. The molecule has 0 aromatic carbocycles. The standard InChI is InChI=1S/C26H46O2Si2/c1-10-16-29(17-11-2,18-12-3)27-25(9)23-26(22-24(7)8)28-30(19-13-4,20-14-5)21-15-6/h10-15,24-26H,1-6,16-23H2,7-9H3. The van der Waals surface area contributed by atoms with Crippen molar-refractivity contribution < 1.29 is 8.85 Å². The maximum Gasteiger partial charge on any atom is 0.204 e. The van der Waals surface area contributed by atoms with E-state index in [1.165, 1.54) is 0 Å². The molecule has 0 saturated carbocycles. The van der Waals surface area contributed by atoms with Gasteiger partial charge in [0.25, 0.3) is 0 Å². The Kier molecular flexibility index (Phi) is 14.9. The first kappa shape index (κ1) is 28.8. The maximum atomic E-state index is 6.94. The molecule has 30 heavy (non-hydrogen) atoms. The third kappa shape index (κ3) is 10.7. The van der Waals surface area contributed by atoms with Gasteiger partial charge in [-0.25, -0.2) is 0 Å². The molecule has 0 aromatic heterocycles. The van der Waals surface area contributed by atoms with E-state index in [2.05, 4.69) is 60.2 Å². The molecule has 0 spiro atoms. The third-order valence-corrected chi connectivity index (χ3v) is 13.2. The topological polar surface area (TPSA) is 18.5 Å². The summed E-state index contributed by atoms with van der Waals surface area (Å²) < 4.78 is 13.7. The second-order valence-electron chi connectivity index (χ2n) is 8.86. The van der Waals surface area contributed by atoms with Crippen molar-refractivity contribution in [3.05, 3.63) is 75.9 Å². The molecule has 0 aliphatic heterocycles. The van der Waals surface area contributed by atoms with E-state index in [1.54, 1.807) is 0 Å². The Morgan fingerprint density at radius 1 is 0.567 bits per heavy atom. The maximum absolute atomic E-state index is 6.94. The molecule has 0 saturated heterocycles. The Morgan fingerprint density at radius 2 is 0.900 bits per heavy atom. The number of allylic oxidation sites excluding steroid dienone is 6. The van der Waals surface area contributed by atoms with E-state index in [0.717, 1.165) is 49.1 Å². The monoisotopic (exact) mass is 446 g/mol. The number of rotatable bonds is 20. The van der Waals surface area contributed by atoms with E-state index in [4.69, 9.17) is 8.85 Å². The molecule has 0 bridgehead atoms. The van der Waals surface area contributed by atoms with E-state index in [0.29, 0.717) is 5.92 Å². The van der Waals surface area contributed by atoms with Crippen LogP contribution in [0.25, 0.3) is 0 Å². The minimum atomic E-state index is -2.04. The Morgan fingerprint density at radius 3 is 1.20 bits per heavy atom. The van der Waals surface area contributed by atoms with Crippen molar-refractivity contribution in [3.8, 4) is 0 Å². The lowest BCUT2D eigenvalue weighted by molar-refractivity contribution is 0.0934. The van der Waals surface area contributed by atoms with Crippen LogP contribution in [0.5, 0.6) is 0 Å². The van der Waals surface area contributed by atoms with E-state index in [-0.39, 0.29) is 12.2 Å². The molecule has 2 atom stereocenters. The summed E-state index contributed by atoms with van der Waals surface area (Å²) in [6.45, 7) is 30.6. The minimum absolute atomic E-state index is 0.114. The van der Waals surface area contributed by atoms with Gasteiger partial charge >= 0.3 is 0 Å². The normalized spacial score (nSPS) is 14.0. The van der Waals surface area contributed by atoms with Crippen molar-refractivity contribution in [1.29, 1.82) is 0 Å². The van der Waals surface area contributed by atoms with Gasteiger partial charge in [-0.1, -0.05) is 50.3 Å². The zero-order chi connectivity index (χ0) is 23.0. The fraction of sp³-hybridized carbons (Fsp3) is 0.538. The summed E-state index contributed by atoms with van der Waals surface area (Å²) in [6, 6.07) is 5.47. The van der Waals surface area contributed by atoms with E-state index in [1.807, 2.05) is 36.5 Å². The highest BCUT2D eigenvalue weighted by Crippen LogP contribution is 2.31.